The number of carbonyl (C=O) groups excluding carboxylic acids is 2. The van der Waals surface area contributed by atoms with E-state index in [-0.39, 0.29) is 23.8 Å². The molecular weight excluding hydrogens is 294 g/mol. The standard InChI is InChI=1S/C17H27N3O3/c1-11-10-12(2)20(19-11)13(3)16(21)18-15-9-7-5-6-8-14(15)17(22)23-4/h10,13-15H,5-9H2,1-4H3,(H,18,21)/t13-,14-,15-/m0/s1. The van der Waals surface area contributed by atoms with Gasteiger partial charge in [-0.1, -0.05) is 19.3 Å². The zero-order valence-electron chi connectivity index (χ0n) is 14.5. The van der Waals surface area contributed by atoms with Crippen LogP contribution in [-0.2, 0) is 14.3 Å². The van der Waals surface area contributed by atoms with E-state index in [0.29, 0.717) is 0 Å². The van der Waals surface area contributed by atoms with Gasteiger partial charge in [0.15, 0.2) is 0 Å². The van der Waals surface area contributed by atoms with Crippen LogP contribution in [0.15, 0.2) is 6.07 Å². The number of methoxy groups -OCH3 is 1. The van der Waals surface area contributed by atoms with Gasteiger partial charge in [-0.2, -0.15) is 5.10 Å². The second kappa shape index (κ2) is 7.62. The Morgan fingerprint density at radius 2 is 2.00 bits per heavy atom. The van der Waals surface area contributed by atoms with E-state index in [1.165, 1.54) is 7.11 Å². The monoisotopic (exact) mass is 321 g/mol. The van der Waals surface area contributed by atoms with E-state index in [0.717, 1.165) is 43.5 Å². The Kier molecular flexibility index (Phi) is 5.80. The molecule has 3 atom stereocenters. The lowest BCUT2D eigenvalue weighted by Gasteiger charge is -2.26. The molecule has 0 aromatic carbocycles. The second-order valence-corrected chi connectivity index (χ2v) is 6.43. The number of aryl methyl sites for hydroxylation is 2. The lowest BCUT2D eigenvalue weighted by Crippen LogP contribution is -2.45. The van der Waals surface area contributed by atoms with Crippen molar-refractivity contribution in [2.45, 2.75) is 65.0 Å². The largest absolute Gasteiger partial charge is 0.469 e. The maximum atomic E-state index is 12.6. The molecule has 1 aromatic heterocycles. The Hall–Kier alpha value is -1.85. The normalized spacial score (nSPS) is 23.0. The van der Waals surface area contributed by atoms with E-state index >= 15 is 0 Å². The molecule has 1 saturated carbocycles. The van der Waals surface area contributed by atoms with Crippen LogP contribution in [0.2, 0.25) is 0 Å². The fourth-order valence-corrected chi connectivity index (χ4v) is 3.37. The van der Waals surface area contributed by atoms with Gasteiger partial charge in [-0.05, 0) is 39.7 Å². The summed E-state index contributed by atoms with van der Waals surface area (Å²) in [6, 6.07) is 1.40. The summed E-state index contributed by atoms with van der Waals surface area (Å²) in [6.07, 6.45) is 4.69. The van der Waals surface area contributed by atoms with E-state index in [4.69, 9.17) is 4.74 Å². The summed E-state index contributed by atoms with van der Waals surface area (Å²) < 4.78 is 6.65. The number of hydrogen-bond acceptors (Lipinski definition) is 4. The first-order valence-corrected chi connectivity index (χ1v) is 8.35. The van der Waals surface area contributed by atoms with E-state index in [1.807, 2.05) is 26.8 Å². The van der Waals surface area contributed by atoms with Crippen molar-refractivity contribution >= 4 is 11.9 Å². The second-order valence-electron chi connectivity index (χ2n) is 6.43. The van der Waals surface area contributed by atoms with E-state index in [9.17, 15) is 9.59 Å². The van der Waals surface area contributed by atoms with Crippen LogP contribution in [-0.4, -0.2) is 34.8 Å². The molecule has 1 fully saturated rings. The van der Waals surface area contributed by atoms with E-state index in [2.05, 4.69) is 10.4 Å². The van der Waals surface area contributed by atoms with Gasteiger partial charge in [0.05, 0.1) is 18.7 Å². The summed E-state index contributed by atoms with van der Waals surface area (Å²) >= 11 is 0. The topological polar surface area (TPSA) is 73.2 Å². The molecule has 0 aliphatic heterocycles. The minimum absolute atomic E-state index is 0.1000. The lowest BCUT2D eigenvalue weighted by atomic mass is 9.94. The predicted molar refractivity (Wildman–Crippen MR) is 86.9 cm³/mol. The van der Waals surface area contributed by atoms with Gasteiger partial charge >= 0.3 is 5.97 Å². The third-order valence-electron chi connectivity index (χ3n) is 4.64. The molecule has 1 aromatic rings. The van der Waals surface area contributed by atoms with Gasteiger partial charge in [-0.25, -0.2) is 0 Å². The van der Waals surface area contributed by atoms with Crippen LogP contribution in [0.4, 0.5) is 0 Å². The van der Waals surface area contributed by atoms with Crippen molar-refractivity contribution in [2.75, 3.05) is 7.11 Å². The number of esters is 1. The fourth-order valence-electron chi connectivity index (χ4n) is 3.37. The maximum Gasteiger partial charge on any atom is 0.310 e. The fraction of sp³-hybridized carbons (Fsp3) is 0.706. The molecule has 0 saturated heterocycles. The average Bonchev–Trinajstić information content (AvgIpc) is 2.73. The molecule has 128 valence electrons. The van der Waals surface area contributed by atoms with E-state index in [1.54, 1.807) is 4.68 Å². The number of rotatable bonds is 4. The molecule has 0 radical (unpaired) electrons. The summed E-state index contributed by atoms with van der Waals surface area (Å²) in [7, 11) is 1.41. The highest BCUT2D eigenvalue weighted by Gasteiger charge is 2.32. The highest BCUT2D eigenvalue weighted by molar-refractivity contribution is 5.81. The third kappa shape index (κ3) is 4.12. The van der Waals surface area contributed by atoms with Crippen molar-refractivity contribution in [1.29, 1.82) is 0 Å². The molecule has 1 aliphatic rings. The van der Waals surface area contributed by atoms with E-state index < -0.39 is 6.04 Å². The minimum Gasteiger partial charge on any atom is -0.469 e. The van der Waals surface area contributed by atoms with Crippen LogP contribution < -0.4 is 5.32 Å². The Balaban J connectivity index is 2.09. The van der Waals surface area contributed by atoms with Crippen molar-refractivity contribution in [2.24, 2.45) is 5.92 Å². The van der Waals surface area contributed by atoms with Crippen LogP contribution in [0.5, 0.6) is 0 Å². The van der Waals surface area contributed by atoms with Crippen LogP contribution in [0, 0.1) is 19.8 Å². The summed E-state index contributed by atoms with van der Waals surface area (Å²) in [4.78, 5) is 24.6. The van der Waals surface area contributed by atoms with Crippen molar-refractivity contribution < 1.29 is 14.3 Å². The molecular formula is C17H27N3O3. The molecule has 0 unspecified atom stereocenters. The Morgan fingerprint density at radius 1 is 1.30 bits per heavy atom. The Bertz CT molecular complexity index is 567. The molecule has 1 heterocycles. The van der Waals surface area contributed by atoms with Gasteiger partial charge in [0, 0.05) is 11.7 Å². The van der Waals surface area contributed by atoms with Crippen molar-refractivity contribution in [3.05, 3.63) is 17.5 Å². The molecule has 0 spiro atoms. The zero-order valence-corrected chi connectivity index (χ0v) is 14.5. The number of nitrogens with zero attached hydrogens (tertiary/aromatic N) is 2. The Morgan fingerprint density at radius 3 is 2.61 bits per heavy atom. The molecule has 2 rings (SSSR count). The quantitative estimate of drug-likeness (QED) is 0.682. The molecule has 23 heavy (non-hydrogen) atoms. The average molecular weight is 321 g/mol. The SMILES string of the molecule is COC(=O)[C@H]1CCCCC[C@@H]1NC(=O)[C@H](C)n1nc(C)cc1C. The highest BCUT2D eigenvalue weighted by atomic mass is 16.5. The number of carbonyl (C=O) groups is 2. The zero-order chi connectivity index (χ0) is 17.0. The van der Waals surface area contributed by atoms with Crippen LogP contribution in [0.1, 0.15) is 56.5 Å². The number of amides is 1. The molecule has 0 bridgehead atoms. The smallest absolute Gasteiger partial charge is 0.310 e. The van der Waals surface area contributed by atoms with Crippen molar-refractivity contribution in [3.63, 3.8) is 0 Å². The van der Waals surface area contributed by atoms with Gasteiger partial charge in [-0.15, -0.1) is 0 Å². The van der Waals surface area contributed by atoms with Gasteiger partial charge < -0.3 is 10.1 Å². The number of aromatic nitrogens is 2. The molecule has 6 heteroatoms. The first-order chi connectivity index (χ1) is 10.9. The first-order valence-electron chi connectivity index (χ1n) is 8.35. The van der Waals surface area contributed by atoms with Crippen molar-refractivity contribution in [1.82, 2.24) is 15.1 Å². The third-order valence-corrected chi connectivity index (χ3v) is 4.64. The maximum absolute atomic E-state index is 12.6. The van der Waals surface area contributed by atoms with Gasteiger partial charge in [-0.3, -0.25) is 14.3 Å². The molecule has 6 nitrogen and oxygen atoms in total. The number of ether oxygens (including phenoxy) is 1. The Labute approximate surface area is 137 Å². The molecule has 1 N–H and O–H groups in total. The molecule has 1 amide bonds. The van der Waals surface area contributed by atoms with Gasteiger partial charge in [0.25, 0.3) is 0 Å². The molecule has 1 aliphatic carbocycles. The number of nitrogens with one attached hydrogen (secondary N) is 1. The summed E-state index contributed by atoms with van der Waals surface area (Å²) in [5.41, 5.74) is 1.85. The van der Waals surface area contributed by atoms with Crippen LogP contribution >= 0.6 is 0 Å². The van der Waals surface area contributed by atoms with Crippen molar-refractivity contribution in [3.8, 4) is 0 Å². The summed E-state index contributed by atoms with van der Waals surface area (Å²) in [6.45, 7) is 5.68. The van der Waals surface area contributed by atoms with Gasteiger partial charge in [0.1, 0.15) is 6.04 Å². The summed E-state index contributed by atoms with van der Waals surface area (Å²) in [5.74, 6) is -0.577. The van der Waals surface area contributed by atoms with Gasteiger partial charge in [0.2, 0.25) is 5.91 Å². The highest BCUT2D eigenvalue weighted by Crippen LogP contribution is 2.25. The predicted octanol–water partition coefficient (Wildman–Crippen LogP) is 2.30. The van der Waals surface area contributed by atoms with Crippen LogP contribution in [0.25, 0.3) is 0 Å². The minimum atomic E-state index is -0.398. The number of hydrogen-bond donors (Lipinski definition) is 1. The van der Waals surface area contributed by atoms with Crippen LogP contribution in [0.3, 0.4) is 0 Å². The first kappa shape index (κ1) is 17.5. The summed E-state index contributed by atoms with van der Waals surface area (Å²) in [5, 5.41) is 7.44. The lowest BCUT2D eigenvalue weighted by molar-refractivity contribution is -0.147.